The first-order valence-electron chi connectivity index (χ1n) is 6.84. The Balaban J connectivity index is 3.85. The molecular formula is C14H25N3O3. The molecular weight excluding hydrogens is 258 g/mol. The highest BCUT2D eigenvalue weighted by molar-refractivity contribution is 5.97. The lowest BCUT2D eigenvalue weighted by Crippen LogP contribution is -2.27. The summed E-state index contributed by atoms with van der Waals surface area (Å²) >= 11 is 0. The molecule has 0 aliphatic heterocycles. The smallest absolute Gasteiger partial charge is 0.263 e. The number of carbonyl (C=O) groups is 1. The lowest BCUT2D eigenvalue weighted by atomic mass is 10.3. The Bertz CT molecular complexity index is 335. The molecule has 6 nitrogen and oxygen atoms in total. The third kappa shape index (κ3) is 10.4. The predicted octanol–water partition coefficient (Wildman–Crippen LogP) is 0.951. The molecule has 0 rings (SSSR count). The van der Waals surface area contributed by atoms with Gasteiger partial charge in [-0.05, 0) is 26.7 Å². The van der Waals surface area contributed by atoms with E-state index in [1.54, 1.807) is 7.11 Å². The Morgan fingerprint density at radius 2 is 2.00 bits per heavy atom. The molecule has 0 aromatic heterocycles. The first-order valence-corrected chi connectivity index (χ1v) is 6.84. The molecule has 0 heterocycles. The number of nitrogens with zero attached hydrogens (tertiary/aromatic N) is 1. The Hall–Kier alpha value is -1.58. The zero-order valence-corrected chi connectivity index (χ0v) is 12.6. The van der Waals surface area contributed by atoms with Crippen molar-refractivity contribution < 1.29 is 14.3 Å². The lowest BCUT2D eigenvalue weighted by Gasteiger charge is -2.07. The Morgan fingerprint density at radius 1 is 1.30 bits per heavy atom. The van der Waals surface area contributed by atoms with Crippen molar-refractivity contribution >= 4 is 5.91 Å². The van der Waals surface area contributed by atoms with Crippen LogP contribution in [-0.2, 0) is 14.3 Å². The second kappa shape index (κ2) is 12.5. The predicted molar refractivity (Wildman–Crippen MR) is 76.9 cm³/mol. The van der Waals surface area contributed by atoms with E-state index in [0.717, 1.165) is 12.8 Å². The average Bonchev–Trinajstić information content (AvgIpc) is 2.42. The molecule has 114 valence electrons. The number of amides is 1. The van der Waals surface area contributed by atoms with E-state index in [2.05, 4.69) is 10.6 Å². The van der Waals surface area contributed by atoms with E-state index in [1.165, 1.54) is 6.20 Å². The molecule has 0 aromatic rings. The van der Waals surface area contributed by atoms with Crippen LogP contribution in [0.3, 0.4) is 0 Å². The molecule has 0 atom stereocenters. The van der Waals surface area contributed by atoms with Crippen LogP contribution in [0.25, 0.3) is 0 Å². The lowest BCUT2D eigenvalue weighted by molar-refractivity contribution is -0.117. The fourth-order valence-corrected chi connectivity index (χ4v) is 1.33. The zero-order chi connectivity index (χ0) is 15.2. The van der Waals surface area contributed by atoms with Crippen LogP contribution in [0.1, 0.15) is 26.7 Å². The van der Waals surface area contributed by atoms with E-state index in [1.807, 2.05) is 19.9 Å². The average molecular weight is 283 g/mol. The normalized spacial score (nSPS) is 11.2. The van der Waals surface area contributed by atoms with Gasteiger partial charge in [-0.25, -0.2) is 0 Å². The topological polar surface area (TPSA) is 83.4 Å². The summed E-state index contributed by atoms with van der Waals surface area (Å²) in [5.41, 5.74) is 0.0761. The standard InChI is InChI=1S/C14H25N3O3/c1-12(2)20-9-4-6-16-11-13(10-15)14(18)17-7-5-8-19-3/h11-12,16H,4-9H2,1-3H3,(H,17,18)/b13-11-. The number of ether oxygens (including phenoxy) is 2. The van der Waals surface area contributed by atoms with Crippen LogP contribution < -0.4 is 10.6 Å². The number of hydrogen-bond acceptors (Lipinski definition) is 5. The van der Waals surface area contributed by atoms with Crippen LogP contribution >= 0.6 is 0 Å². The van der Waals surface area contributed by atoms with Gasteiger partial charge in [0.25, 0.3) is 5.91 Å². The monoisotopic (exact) mass is 283 g/mol. The minimum Gasteiger partial charge on any atom is -0.390 e. The largest absolute Gasteiger partial charge is 0.390 e. The molecule has 0 aromatic carbocycles. The van der Waals surface area contributed by atoms with Gasteiger partial charge in [-0.3, -0.25) is 4.79 Å². The molecule has 0 radical (unpaired) electrons. The van der Waals surface area contributed by atoms with Gasteiger partial charge in [0.05, 0.1) is 6.10 Å². The molecule has 1 amide bonds. The van der Waals surface area contributed by atoms with Crippen molar-refractivity contribution in [2.24, 2.45) is 0 Å². The van der Waals surface area contributed by atoms with Gasteiger partial charge in [-0.2, -0.15) is 5.26 Å². The number of hydrogen-bond donors (Lipinski definition) is 2. The van der Waals surface area contributed by atoms with E-state index in [9.17, 15) is 4.79 Å². The highest BCUT2D eigenvalue weighted by atomic mass is 16.5. The maximum Gasteiger partial charge on any atom is 0.263 e. The number of rotatable bonds is 11. The van der Waals surface area contributed by atoms with Gasteiger partial charge in [-0.15, -0.1) is 0 Å². The van der Waals surface area contributed by atoms with E-state index in [4.69, 9.17) is 14.7 Å². The summed E-state index contributed by atoms with van der Waals surface area (Å²) in [5, 5.41) is 14.5. The van der Waals surface area contributed by atoms with Crippen molar-refractivity contribution in [1.29, 1.82) is 5.26 Å². The molecule has 0 unspecified atom stereocenters. The summed E-state index contributed by atoms with van der Waals surface area (Å²) in [7, 11) is 1.61. The van der Waals surface area contributed by atoms with Gasteiger partial charge in [0.15, 0.2) is 0 Å². The van der Waals surface area contributed by atoms with Crippen molar-refractivity contribution in [3.05, 3.63) is 11.8 Å². The molecule has 2 N–H and O–H groups in total. The number of methoxy groups -OCH3 is 1. The van der Waals surface area contributed by atoms with Crippen LogP contribution in [0, 0.1) is 11.3 Å². The SMILES string of the molecule is COCCCNC(=O)/C(C#N)=C\NCCCOC(C)C. The zero-order valence-electron chi connectivity index (χ0n) is 12.6. The molecule has 0 spiro atoms. The third-order valence-electron chi connectivity index (χ3n) is 2.34. The maximum absolute atomic E-state index is 11.6. The second-order valence-corrected chi connectivity index (χ2v) is 4.50. The van der Waals surface area contributed by atoms with Crippen molar-refractivity contribution in [3.8, 4) is 6.07 Å². The van der Waals surface area contributed by atoms with E-state index >= 15 is 0 Å². The van der Waals surface area contributed by atoms with E-state index in [-0.39, 0.29) is 17.6 Å². The van der Waals surface area contributed by atoms with Crippen molar-refractivity contribution in [2.75, 3.05) is 33.4 Å². The number of nitriles is 1. The maximum atomic E-state index is 11.6. The Labute approximate surface area is 121 Å². The Morgan fingerprint density at radius 3 is 2.60 bits per heavy atom. The van der Waals surface area contributed by atoms with Crippen LogP contribution in [0.4, 0.5) is 0 Å². The summed E-state index contributed by atoms with van der Waals surface area (Å²) in [5.74, 6) is -0.366. The van der Waals surface area contributed by atoms with Gasteiger partial charge in [0, 0.05) is 39.6 Å². The van der Waals surface area contributed by atoms with Gasteiger partial charge < -0.3 is 20.1 Å². The number of nitrogens with one attached hydrogen (secondary N) is 2. The molecule has 0 fully saturated rings. The molecule has 20 heavy (non-hydrogen) atoms. The number of carbonyl (C=O) groups excluding carboxylic acids is 1. The fourth-order valence-electron chi connectivity index (χ4n) is 1.33. The van der Waals surface area contributed by atoms with Gasteiger partial charge in [-0.1, -0.05) is 0 Å². The molecule has 0 bridgehead atoms. The molecule has 0 aliphatic carbocycles. The van der Waals surface area contributed by atoms with Gasteiger partial charge in [0.2, 0.25) is 0 Å². The summed E-state index contributed by atoms with van der Waals surface area (Å²) in [6, 6.07) is 1.88. The third-order valence-corrected chi connectivity index (χ3v) is 2.34. The summed E-state index contributed by atoms with van der Waals surface area (Å²) in [6.07, 6.45) is 3.21. The minimum atomic E-state index is -0.366. The van der Waals surface area contributed by atoms with Crippen LogP contribution in [0.2, 0.25) is 0 Å². The molecule has 6 heteroatoms. The Kier molecular flexibility index (Phi) is 11.5. The van der Waals surface area contributed by atoms with Crippen LogP contribution in [0.5, 0.6) is 0 Å². The highest BCUT2D eigenvalue weighted by Gasteiger charge is 2.07. The van der Waals surface area contributed by atoms with E-state index in [0.29, 0.717) is 26.3 Å². The summed E-state index contributed by atoms with van der Waals surface area (Å²) in [6.45, 7) is 6.36. The van der Waals surface area contributed by atoms with Crippen molar-refractivity contribution in [3.63, 3.8) is 0 Å². The fraction of sp³-hybridized carbons (Fsp3) is 0.714. The van der Waals surface area contributed by atoms with Gasteiger partial charge >= 0.3 is 0 Å². The van der Waals surface area contributed by atoms with Crippen LogP contribution in [-0.4, -0.2) is 45.4 Å². The van der Waals surface area contributed by atoms with Crippen molar-refractivity contribution in [2.45, 2.75) is 32.8 Å². The summed E-state index contributed by atoms with van der Waals surface area (Å²) in [4.78, 5) is 11.6. The van der Waals surface area contributed by atoms with Crippen LogP contribution in [0.15, 0.2) is 11.8 Å². The first-order chi connectivity index (χ1) is 9.61. The quantitative estimate of drug-likeness (QED) is 0.335. The van der Waals surface area contributed by atoms with Gasteiger partial charge in [0.1, 0.15) is 11.6 Å². The second-order valence-electron chi connectivity index (χ2n) is 4.50. The molecule has 0 saturated carbocycles. The van der Waals surface area contributed by atoms with Crippen molar-refractivity contribution in [1.82, 2.24) is 10.6 Å². The minimum absolute atomic E-state index is 0.0761. The van der Waals surface area contributed by atoms with E-state index < -0.39 is 0 Å². The first kappa shape index (κ1) is 18.4. The summed E-state index contributed by atoms with van der Waals surface area (Å²) < 4.78 is 10.3. The molecule has 0 aliphatic rings. The molecule has 0 saturated heterocycles. The highest BCUT2D eigenvalue weighted by Crippen LogP contribution is 1.92.